The van der Waals surface area contributed by atoms with Gasteiger partial charge in [0, 0.05) is 5.92 Å². The molecule has 0 saturated carbocycles. The maximum Gasteiger partial charge on any atom is 0.147 e. The summed E-state index contributed by atoms with van der Waals surface area (Å²) in [7, 11) is 0. The van der Waals surface area contributed by atoms with Gasteiger partial charge in [-0.2, -0.15) is 0 Å². The Morgan fingerprint density at radius 2 is 2.07 bits per heavy atom. The molecule has 2 heteroatoms. The molecule has 1 fully saturated rings. The molecule has 2 rings (SSSR count). The van der Waals surface area contributed by atoms with Crippen LogP contribution in [-0.2, 0) is 9.47 Å². The molecule has 1 heterocycles. The Balaban J connectivity index is 2.15. The molecule has 0 spiro atoms. The summed E-state index contributed by atoms with van der Waals surface area (Å²) < 4.78 is 10.9. The second kappa shape index (κ2) is 4.58. The van der Waals surface area contributed by atoms with E-state index in [1.165, 1.54) is 5.56 Å². The summed E-state index contributed by atoms with van der Waals surface area (Å²) in [6, 6.07) is 10.4. The molecule has 2 nitrogen and oxygen atoms in total. The largest absolute Gasteiger partial charge is 0.355 e. The van der Waals surface area contributed by atoms with Gasteiger partial charge in [0.2, 0.25) is 0 Å². The van der Waals surface area contributed by atoms with Crippen LogP contribution in [0.5, 0.6) is 0 Å². The van der Waals surface area contributed by atoms with Crippen LogP contribution in [0.1, 0.15) is 25.0 Å². The predicted molar refractivity (Wildman–Crippen MR) is 54.9 cm³/mol. The van der Waals surface area contributed by atoms with E-state index >= 15 is 0 Å². The second-order valence-corrected chi connectivity index (χ2v) is 3.65. The Labute approximate surface area is 84.8 Å². The molecule has 1 aromatic rings. The van der Waals surface area contributed by atoms with Gasteiger partial charge in [-0.05, 0) is 12.0 Å². The highest BCUT2D eigenvalue weighted by atomic mass is 16.7. The van der Waals surface area contributed by atoms with Gasteiger partial charge in [0.1, 0.15) is 6.79 Å². The lowest BCUT2D eigenvalue weighted by molar-refractivity contribution is -0.173. The van der Waals surface area contributed by atoms with Crippen molar-refractivity contribution in [3.8, 4) is 0 Å². The van der Waals surface area contributed by atoms with Crippen molar-refractivity contribution in [1.82, 2.24) is 0 Å². The van der Waals surface area contributed by atoms with Gasteiger partial charge < -0.3 is 9.47 Å². The van der Waals surface area contributed by atoms with Gasteiger partial charge >= 0.3 is 0 Å². The SMILES string of the molecule is CCC1COCOC1c1ccccc1. The van der Waals surface area contributed by atoms with Crippen LogP contribution in [0, 0.1) is 5.92 Å². The van der Waals surface area contributed by atoms with Gasteiger partial charge in [-0.3, -0.25) is 0 Å². The number of hydrogen-bond acceptors (Lipinski definition) is 2. The molecule has 76 valence electrons. The van der Waals surface area contributed by atoms with E-state index in [0.717, 1.165) is 13.0 Å². The zero-order valence-corrected chi connectivity index (χ0v) is 8.48. The van der Waals surface area contributed by atoms with Crippen LogP contribution < -0.4 is 0 Å². The Bertz CT molecular complexity index is 271. The summed E-state index contributed by atoms with van der Waals surface area (Å²) in [4.78, 5) is 0. The van der Waals surface area contributed by atoms with Crippen LogP contribution in [0.3, 0.4) is 0 Å². The Hall–Kier alpha value is -0.860. The topological polar surface area (TPSA) is 18.5 Å². The normalized spacial score (nSPS) is 27.5. The predicted octanol–water partition coefficient (Wildman–Crippen LogP) is 2.76. The van der Waals surface area contributed by atoms with E-state index in [0.29, 0.717) is 12.7 Å². The Morgan fingerprint density at radius 3 is 2.79 bits per heavy atom. The van der Waals surface area contributed by atoms with E-state index in [-0.39, 0.29) is 6.10 Å². The third-order valence-electron chi connectivity index (χ3n) is 2.74. The lowest BCUT2D eigenvalue weighted by atomic mass is 9.93. The summed E-state index contributed by atoms with van der Waals surface area (Å²) in [5.74, 6) is 0.492. The van der Waals surface area contributed by atoms with Crippen molar-refractivity contribution >= 4 is 0 Å². The van der Waals surface area contributed by atoms with Gasteiger partial charge in [0.05, 0.1) is 12.7 Å². The third-order valence-corrected chi connectivity index (χ3v) is 2.74. The Morgan fingerprint density at radius 1 is 1.29 bits per heavy atom. The van der Waals surface area contributed by atoms with E-state index < -0.39 is 0 Å². The van der Waals surface area contributed by atoms with Crippen molar-refractivity contribution in [2.24, 2.45) is 5.92 Å². The fraction of sp³-hybridized carbons (Fsp3) is 0.500. The van der Waals surface area contributed by atoms with Crippen molar-refractivity contribution in [2.45, 2.75) is 19.4 Å². The summed E-state index contributed by atoms with van der Waals surface area (Å²) in [5.41, 5.74) is 1.27. The van der Waals surface area contributed by atoms with E-state index in [2.05, 4.69) is 31.2 Å². The first-order valence-electron chi connectivity index (χ1n) is 5.16. The highest BCUT2D eigenvalue weighted by Gasteiger charge is 2.26. The van der Waals surface area contributed by atoms with Crippen molar-refractivity contribution in [1.29, 1.82) is 0 Å². The first kappa shape index (κ1) is 9.69. The molecule has 0 amide bonds. The fourth-order valence-corrected chi connectivity index (χ4v) is 1.89. The van der Waals surface area contributed by atoms with Crippen molar-refractivity contribution in [3.63, 3.8) is 0 Å². The summed E-state index contributed by atoms with van der Waals surface area (Å²) in [6.45, 7) is 3.42. The molecule has 0 aromatic heterocycles. The van der Waals surface area contributed by atoms with Crippen LogP contribution >= 0.6 is 0 Å². The molecule has 0 bridgehead atoms. The third kappa shape index (κ3) is 1.97. The zero-order valence-electron chi connectivity index (χ0n) is 8.48. The minimum Gasteiger partial charge on any atom is -0.355 e. The van der Waals surface area contributed by atoms with Crippen molar-refractivity contribution in [2.75, 3.05) is 13.4 Å². The summed E-state index contributed by atoms with van der Waals surface area (Å²) in [6.07, 6.45) is 1.31. The van der Waals surface area contributed by atoms with E-state index in [4.69, 9.17) is 9.47 Å². The van der Waals surface area contributed by atoms with Crippen LogP contribution in [0.2, 0.25) is 0 Å². The second-order valence-electron chi connectivity index (χ2n) is 3.65. The fourth-order valence-electron chi connectivity index (χ4n) is 1.89. The van der Waals surface area contributed by atoms with Crippen LogP contribution in [0.25, 0.3) is 0 Å². The number of ether oxygens (including phenoxy) is 2. The van der Waals surface area contributed by atoms with Crippen LogP contribution in [0.15, 0.2) is 30.3 Å². The minimum atomic E-state index is 0.218. The average Bonchev–Trinajstić information content (AvgIpc) is 2.30. The molecule has 0 aliphatic carbocycles. The van der Waals surface area contributed by atoms with Gasteiger partial charge in [-0.15, -0.1) is 0 Å². The molecule has 14 heavy (non-hydrogen) atoms. The first-order valence-corrected chi connectivity index (χ1v) is 5.16. The molecule has 1 aromatic carbocycles. The maximum absolute atomic E-state index is 5.65. The molecule has 0 radical (unpaired) electrons. The van der Waals surface area contributed by atoms with E-state index in [9.17, 15) is 0 Å². The molecular formula is C12H16O2. The van der Waals surface area contributed by atoms with Gasteiger partial charge in [0.15, 0.2) is 0 Å². The highest BCUT2D eigenvalue weighted by molar-refractivity contribution is 5.18. The smallest absolute Gasteiger partial charge is 0.147 e. The molecule has 2 atom stereocenters. The molecule has 2 unspecified atom stereocenters. The van der Waals surface area contributed by atoms with E-state index in [1.54, 1.807) is 0 Å². The lowest BCUT2D eigenvalue weighted by Gasteiger charge is -2.31. The molecule has 1 saturated heterocycles. The highest BCUT2D eigenvalue weighted by Crippen LogP contribution is 2.31. The van der Waals surface area contributed by atoms with Gasteiger partial charge in [-0.1, -0.05) is 37.3 Å². The maximum atomic E-state index is 5.65. The monoisotopic (exact) mass is 192 g/mol. The lowest BCUT2D eigenvalue weighted by Crippen LogP contribution is -2.27. The minimum absolute atomic E-state index is 0.218. The summed E-state index contributed by atoms with van der Waals surface area (Å²) >= 11 is 0. The first-order chi connectivity index (χ1) is 6.92. The van der Waals surface area contributed by atoms with Crippen LogP contribution in [0.4, 0.5) is 0 Å². The van der Waals surface area contributed by atoms with Crippen molar-refractivity contribution in [3.05, 3.63) is 35.9 Å². The average molecular weight is 192 g/mol. The molecule has 1 aliphatic heterocycles. The molecule has 1 aliphatic rings. The summed E-state index contributed by atoms with van der Waals surface area (Å²) in [5, 5.41) is 0. The standard InChI is InChI=1S/C12H16O2/c1-2-10-8-13-9-14-12(10)11-6-4-3-5-7-11/h3-7,10,12H,2,8-9H2,1H3. The number of rotatable bonds is 2. The number of benzene rings is 1. The zero-order chi connectivity index (χ0) is 9.80. The quantitative estimate of drug-likeness (QED) is 0.717. The van der Waals surface area contributed by atoms with Gasteiger partial charge in [-0.25, -0.2) is 0 Å². The van der Waals surface area contributed by atoms with Crippen molar-refractivity contribution < 1.29 is 9.47 Å². The Kier molecular flexibility index (Phi) is 3.17. The van der Waals surface area contributed by atoms with Gasteiger partial charge in [0.25, 0.3) is 0 Å². The van der Waals surface area contributed by atoms with Crippen LogP contribution in [-0.4, -0.2) is 13.4 Å². The molecular weight excluding hydrogens is 176 g/mol. The number of hydrogen-bond donors (Lipinski definition) is 0. The molecule has 0 N–H and O–H groups in total. The van der Waals surface area contributed by atoms with E-state index in [1.807, 2.05) is 6.07 Å².